The van der Waals surface area contributed by atoms with Crippen molar-refractivity contribution in [1.29, 1.82) is 0 Å². The van der Waals surface area contributed by atoms with Crippen LogP contribution in [0.3, 0.4) is 0 Å². The minimum Gasteiger partial charge on any atom is -0.769 e. The largest absolute Gasteiger partial charge is 0.769 e. The molecule has 0 saturated carbocycles. The van der Waals surface area contributed by atoms with Gasteiger partial charge in [-0.15, -0.1) is 0 Å². The highest BCUT2D eigenvalue weighted by Gasteiger charge is 2.24. The standard InChI is InChI=1S/C17H15NO4S/c1-21-13-8-6-12(7-9-13)15(19)16(23)14(17(20)22-2)18-10-4-3-5-11-18/h3-11H,1-2H3. The van der Waals surface area contributed by atoms with Gasteiger partial charge in [-0.3, -0.25) is 4.79 Å². The van der Waals surface area contributed by atoms with Crippen molar-refractivity contribution >= 4 is 30.1 Å². The number of ether oxygens (including phenoxy) is 2. The Labute approximate surface area is 139 Å². The molecule has 1 heterocycles. The monoisotopic (exact) mass is 329 g/mol. The van der Waals surface area contributed by atoms with Crippen LogP contribution in [0.15, 0.2) is 59.8 Å². The van der Waals surface area contributed by atoms with Crippen molar-refractivity contribution in [2.24, 2.45) is 0 Å². The van der Waals surface area contributed by atoms with Crippen LogP contribution in [0.25, 0.3) is 5.70 Å². The number of carbonyl (C=O) groups excluding carboxylic acids is 2. The lowest BCUT2D eigenvalue weighted by Crippen LogP contribution is -2.38. The molecule has 0 N–H and O–H groups in total. The molecule has 6 heteroatoms. The highest BCUT2D eigenvalue weighted by atomic mass is 32.1. The number of rotatable bonds is 5. The third kappa shape index (κ3) is 3.73. The number of hydrogen-bond donors (Lipinski definition) is 0. The number of carbonyl (C=O) groups is 2. The molecule has 2 rings (SSSR count). The third-order valence-electron chi connectivity index (χ3n) is 3.13. The first-order valence-electron chi connectivity index (χ1n) is 6.73. The molecule has 0 unspecified atom stereocenters. The maximum absolute atomic E-state index is 12.6. The lowest BCUT2D eigenvalue weighted by atomic mass is 10.1. The molecule has 2 aromatic rings. The van der Waals surface area contributed by atoms with E-state index in [0.717, 1.165) is 0 Å². The minimum absolute atomic E-state index is 0.00363. The molecule has 118 valence electrons. The van der Waals surface area contributed by atoms with Gasteiger partial charge in [-0.2, -0.15) is 4.57 Å². The molecular formula is C17H15NO4S. The molecule has 0 spiro atoms. The summed E-state index contributed by atoms with van der Waals surface area (Å²) in [5.74, 6) is -0.477. The van der Waals surface area contributed by atoms with Gasteiger partial charge in [-0.05, 0) is 29.2 Å². The predicted molar refractivity (Wildman–Crippen MR) is 86.6 cm³/mol. The van der Waals surface area contributed by atoms with Crippen molar-refractivity contribution in [2.75, 3.05) is 14.2 Å². The van der Waals surface area contributed by atoms with E-state index >= 15 is 0 Å². The second-order valence-electron chi connectivity index (χ2n) is 4.51. The fourth-order valence-electron chi connectivity index (χ4n) is 1.94. The van der Waals surface area contributed by atoms with Crippen molar-refractivity contribution in [2.45, 2.75) is 0 Å². The van der Waals surface area contributed by atoms with Gasteiger partial charge in [0.2, 0.25) is 0 Å². The summed E-state index contributed by atoms with van der Waals surface area (Å²) >= 11 is 5.23. The molecule has 1 aromatic heterocycles. The van der Waals surface area contributed by atoms with Crippen molar-refractivity contribution in [3.8, 4) is 5.75 Å². The van der Waals surface area contributed by atoms with Crippen molar-refractivity contribution < 1.29 is 23.6 Å². The summed E-state index contributed by atoms with van der Waals surface area (Å²) in [7, 11) is 2.78. The Morgan fingerprint density at radius 3 is 2.13 bits per heavy atom. The first-order chi connectivity index (χ1) is 11.1. The first-order valence-corrected chi connectivity index (χ1v) is 7.14. The molecule has 0 aliphatic carbocycles. The second kappa shape index (κ2) is 7.51. The molecule has 0 amide bonds. The molecule has 0 saturated heterocycles. The van der Waals surface area contributed by atoms with Gasteiger partial charge in [0.1, 0.15) is 5.75 Å². The van der Waals surface area contributed by atoms with Gasteiger partial charge < -0.3 is 22.1 Å². The van der Waals surface area contributed by atoms with E-state index in [9.17, 15) is 9.59 Å². The van der Waals surface area contributed by atoms with E-state index in [1.807, 2.05) is 0 Å². The number of allylic oxidation sites excluding steroid dienone is 1. The number of aromatic nitrogens is 1. The number of Topliss-reactive ketones (excluding diaryl/α,β-unsaturated/α-hetero) is 1. The summed E-state index contributed by atoms with van der Waals surface area (Å²) in [5.41, 5.74) is 0.373. The number of esters is 1. The lowest BCUT2D eigenvalue weighted by molar-refractivity contribution is -0.578. The van der Waals surface area contributed by atoms with E-state index in [1.165, 1.54) is 18.8 Å². The van der Waals surface area contributed by atoms with E-state index in [2.05, 4.69) is 0 Å². The highest BCUT2D eigenvalue weighted by molar-refractivity contribution is 7.65. The Morgan fingerprint density at radius 2 is 1.61 bits per heavy atom. The van der Waals surface area contributed by atoms with Gasteiger partial charge in [-0.1, -0.05) is 6.07 Å². The fraction of sp³-hybridized carbons (Fsp3) is 0.118. The molecule has 0 radical (unpaired) electrons. The molecule has 0 aliphatic rings. The Kier molecular flexibility index (Phi) is 5.43. The van der Waals surface area contributed by atoms with Gasteiger partial charge in [0, 0.05) is 17.7 Å². The first kappa shape index (κ1) is 16.6. The van der Waals surface area contributed by atoms with Crippen molar-refractivity contribution in [1.82, 2.24) is 0 Å². The topological polar surface area (TPSA) is 56.5 Å². The fourth-order valence-corrected chi connectivity index (χ4v) is 2.25. The smallest absolute Gasteiger partial charge is 0.402 e. The second-order valence-corrected chi connectivity index (χ2v) is 4.92. The molecule has 0 atom stereocenters. The van der Waals surface area contributed by atoms with Crippen molar-refractivity contribution in [3.63, 3.8) is 0 Å². The summed E-state index contributed by atoms with van der Waals surface area (Å²) in [6.45, 7) is 0. The summed E-state index contributed by atoms with van der Waals surface area (Å²) in [4.78, 5) is 24.5. The zero-order valence-corrected chi connectivity index (χ0v) is 13.5. The summed E-state index contributed by atoms with van der Waals surface area (Å²) < 4.78 is 11.3. The van der Waals surface area contributed by atoms with Crippen LogP contribution in [0.2, 0.25) is 0 Å². The van der Waals surface area contributed by atoms with E-state index < -0.39 is 11.8 Å². The molecule has 5 nitrogen and oxygen atoms in total. The maximum atomic E-state index is 12.6. The van der Waals surface area contributed by atoms with E-state index in [0.29, 0.717) is 11.3 Å². The number of benzene rings is 1. The van der Waals surface area contributed by atoms with Crippen LogP contribution < -0.4 is 9.30 Å². The Bertz CT molecular complexity index is 739. The van der Waals surface area contributed by atoms with Gasteiger partial charge in [-0.25, -0.2) is 4.79 Å². The van der Waals surface area contributed by atoms with Crippen LogP contribution in [-0.2, 0) is 22.2 Å². The molecule has 1 aromatic carbocycles. The van der Waals surface area contributed by atoms with Crippen LogP contribution in [0, 0.1) is 0 Å². The predicted octanol–water partition coefficient (Wildman–Crippen LogP) is 1.75. The normalized spacial score (nSPS) is 11.4. The number of pyridine rings is 1. The Hall–Kier alpha value is -2.73. The van der Waals surface area contributed by atoms with E-state index in [-0.39, 0.29) is 10.6 Å². The van der Waals surface area contributed by atoms with Crippen LogP contribution in [0.5, 0.6) is 5.75 Å². The summed E-state index contributed by atoms with van der Waals surface area (Å²) in [6, 6.07) is 11.7. The number of ketones is 1. The summed E-state index contributed by atoms with van der Waals surface area (Å²) in [5, 5.41) is 0. The Morgan fingerprint density at radius 1 is 1.00 bits per heavy atom. The zero-order chi connectivity index (χ0) is 16.8. The molecule has 23 heavy (non-hydrogen) atoms. The van der Waals surface area contributed by atoms with Gasteiger partial charge in [0.15, 0.2) is 18.2 Å². The Balaban J connectivity index is 2.48. The average Bonchev–Trinajstić information content (AvgIpc) is 2.62. The summed E-state index contributed by atoms with van der Waals surface area (Å²) in [6.07, 6.45) is 3.25. The lowest BCUT2D eigenvalue weighted by Gasteiger charge is -2.13. The number of nitrogens with zero attached hydrogens (tertiary/aromatic N) is 1. The van der Waals surface area contributed by atoms with Crippen LogP contribution in [0.4, 0.5) is 0 Å². The molecule has 0 bridgehead atoms. The van der Waals surface area contributed by atoms with Gasteiger partial charge >= 0.3 is 5.97 Å². The number of hydrogen-bond acceptors (Lipinski definition) is 5. The number of methoxy groups -OCH3 is 2. The van der Waals surface area contributed by atoms with E-state index in [1.54, 1.807) is 54.9 Å². The molecule has 0 fully saturated rings. The zero-order valence-electron chi connectivity index (χ0n) is 12.7. The quantitative estimate of drug-likeness (QED) is 0.275. The molecule has 0 aliphatic heterocycles. The van der Waals surface area contributed by atoms with E-state index in [4.69, 9.17) is 22.1 Å². The van der Waals surface area contributed by atoms with Crippen LogP contribution in [-0.4, -0.2) is 26.0 Å². The molecular weight excluding hydrogens is 314 g/mol. The van der Waals surface area contributed by atoms with Gasteiger partial charge in [0.25, 0.3) is 5.70 Å². The van der Waals surface area contributed by atoms with Crippen LogP contribution in [0.1, 0.15) is 10.4 Å². The highest BCUT2D eigenvalue weighted by Crippen LogP contribution is 2.16. The third-order valence-corrected chi connectivity index (χ3v) is 3.50. The van der Waals surface area contributed by atoms with Crippen molar-refractivity contribution in [3.05, 3.63) is 65.3 Å². The SMILES string of the molecule is COC(=O)/C(=C(/[S-])C(=O)c1ccc(OC)cc1)[n+]1ccccc1. The maximum Gasteiger partial charge on any atom is 0.402 e. The average molecular weight is 329 g/mol. The minimum atomic E-state index is -0.673. The van der Waals surface area contributed by atoms with Crippen LogP contribution >= 0.6 is 0 Å². The van der Waals surface area contributed by atoms with Gasteiger partial charge in [0.05, 0.1) is 14.2 Å².